The van der Waals surface area contributed by atoms with Crippen LogP contribution in [0.3, 0.4) is 0 Å². The van der Waals surface area contributed by atoms with E-state index in [0.717, 1.165) is 38.3 Å². The molecule has 1 amide bonds. The van der Waals surface area contributed by atoms with E-state index in [1.807, 2.05) is 30.3 Å². The second kappa shape index (κ2) is 11.8. The summed E-state index contributed by atoms with van der Waals surface area (Å²) in [7, 11) is 3.20. The number of carbonyl (C=O) groups excluding carboxylic acids is 1. The molecule has 1 saturated heterocycles. The van der Waals surface area contributed by atoms with Crippen LogP contribution in [0.5, 0.6) is 11.5 Å². The van der Waals surface area contributed by atoms with Gasteiger partial charge in [0.15, 0.2) is 0 Å². The van der Waals surface area contributed by atoms with E-state index in [-0.39, 0.29) is 24.3 Å². The van der Waals surface area contributed by atoms with Gasteiger partial charge in [0.1, 0.15) is 17.3 Å². The summed E-state index contributed by atoms with van der Waals surface area (Å²) in [6, 6.07) is 22.0. The summed E-state index contributed by atoms with van der Waals surface area (Å²) in [6.07, 6.45) is 0.461. The summed E-state index contributed by atoms with van der Waals surface area (Å²) in [4.78, 5) is 18.3. The maximum Gasteiger partial charge on any atom is 0.257 e. The predicted octanol–water partition coefficient (Wildman–Crippen LogP) is 4.34. The van der Waals surface area contributed by atoms with Crippen molar-refractivity contribution in [1.82, 2.24) is 14.8 Å². The Kier molecular flexibility index (Phi) is 8.00. The van der Waals surface area contributed by atoms with Crippen molar-refractivity contribution in [3.8, 4) is 11.5 Å². The van der Waals surface area contributed by atoms with E-state index in [1.165, 1.54) is 17.7 Å². The van der Waals surface area contributed by atoms with Crippen LogP contribution >= 0.6 is 0 Å². The van der Waals surface area contributed by atoms with Crippen molar-refractivity contribution < 1.29 is 18.7 Å². The van der Waals surface area contributed by atoms with E-state index >= 15 is 0 Å². The van der Waals surface area contributed by atoms with E-state index in [2.05, 4.69) is 34.1 Å². The van der Waals surface area contributed by atoms with Crippen LogP contribution in [0.1, 0.15) is 29.2 Å². The molecule has 2 aliphatic rings. The summed E-state index contributed by atoms with van der Waals surface area (Å²) in [5.74, 6) is 0.871. The zero-order valence-electron chi connectivity index (χ0n) is 21.8. The first-order chi connectivity index (χ1) is 18.5. The average molecular weight is 517 g/mol. The van der Waals surface area contributed by atoms with Crippen molar-refractivity contribution in [3.05, 3.63) is 95.3 Å². The maximum absolute atomic E-state index is 14.0. The van der Waals surface area contributed by atoms with Crippen molar-refractivity contribution in [2.24, 2.45) is 5.10 Å². The van der Waals surface area contributed by atoms with Gasteiger partial charge in [0, 0.05) is 56.3 Å². The van der Waals surface area contributed by atoms with Gasteiger partial charge >= 0.3 is 0 Å². The number of amides is 1. The maximum atomic E-state index is 14.0. The first kappa shape index (κ1) is 25.9. The number of hydrogen-bond acceptors (Lipinski definition) is 6. The molecule has 1 fully saturated rings. The fraction of sp³-hybridized carbons (Fsp3) is 0.333. The molecule has 0 N–H and O–H groups in total. The topological polar surface area (TPSA) is 57.6 Å². The van der Waals surface area contributed by atoms with Gasteiger partial charge in [-0.15, -0.1) is 0 Å². The van der Waals surface area contributed by atoms with Crippen molar-refractivity contribution in [2.75, 3.05) is 46.9 Å². The number of rotatable bonds is 8. The van der Waals surface area contributed by atoms with Gasteiger partial charge in [-0.3, -0.25) is 14.6 Å². The fourth-order valence-corrected chi connectivity index (χ4v) is 5.13. The Hall–Kier alpha value is -3.75. The quantitative estimate of drug-likeness (QED) is 0.446. The third kappa shape index (κ3) is 5.87. The molecule has 38 heavy (non-hydrogen) atoms. The number of benzene rings is 3. The van der Waals surface area contributed by atoms with Gasteiger partial charge in [0.2, 0.25) is 0 Å². The van der Waals surface area contributed by atoms with E-state index in [4.69, 9.17) is 14.6 Å². The monoisotopic (exact) mass is 516 g/mol. The highest BCUT2D eigenvalue weighted by atomic mass is 19.1. The Morgan fingerprint density at radius 2 is 1.68 bits per heavy atom. The fourth-order valence-electron chi connectivity index (χ4n) is 5.13. The lowest BCUT2D eigenvalue weighted by Gasteiger charge is -2.35. The lowest BCUT2D eigenvalue weighted by Crippen LogP contribution is -2.49. The Labute approximate surface area is 223 Å². The molecule has 198 valence electrons. The van der Waals surface area contributed by atoms with Gasteiger partial charge in [-0.1, -0.05) is 42.5 Å². The number of nitrogens with zero attached hydrogens (tertiary/aromatic N) is 4. The summed E-state index contributed by atoms with van der Waals surface area (Å²) >= 11 is 0. The van der Waals surface area contributed by atoms with Crippen LogP contribution in [-0.2, 0) is 11.3 Å². The molecule has 2 heterocycles. The van der Waals surface area contributed by atoms with Crippen LogP contribution < -0.4 is 9.47 Å². The number of hydrogen-bond donors (Lipinski definition) is 0. The van der Waals surface area contributed by atoms with E-state index in [1.54, 1.807) is 25.3 Å². The molecule has 0 aromatic heterocycles. The molecule has 7 nitrogen and oxygen atoms in total. The molecule has 8 heteroatoms. The second-order valence-electron chi connectivity index (χ2n) is 9.66. The smallest absolute Gasteiger partial charge is 0.257 e. The molecule has 3 aromatic rings. The molecule has 3 aromatic carbocycles. The molecule has 0 unspecified atom stereocenters. The highest BCUT2D eigenvalue weighted by Crippen LogP contribution is 2.39. The van der Waals surface area contributed by atoms with Crippen LogP contribution in [-0.4, -0.2) is 73.4 Å². The van der Waals surface area contributed by atoms with E-state index < -0.39 is 0 Å². The minimum Gasteiger partial charge on any atom is -0.497 e. The molecule has 0 aliphatic carbocycles. The zero-order chi connectivity index (χ0) is 26.5. The van der Waals surface area contributed by atoms with Gasteiger partial charge in [-0.05, 0) is 29.8 Å². The van der Waals surface area contributed by atoms with E-state index in [0.29, 0.717) is 29.2 Å². The third-order valence-electron chi connectivity index (χ3n) is 7.20. The predicted molar refractivity (Wildman–Crippen MR) is 145 cm³/mol. The number of carbonyl (C=O) groups is 1. The Bertz CT molecular complexity index is 1290. The van der Waals surface area contributed by atoms with Gasteiger partial charge in [-0.25, -0.2) is 9.40 Å². The highest BCUT2D eigenvalue weighted by Gasteiger charge is 2.36. The van der Waals surface area contributed by atoms with Crippen molar-refractivity contribution in [2.45, 2.75) is 19.0 Å². The summed E-state index contributed by atoms with van der Waals surface area (Å²) in [6.45, 7) is 4.60. The average Bonchev–Trinajstić information content (AvgIpc) is 3.40. The van der Waals surface area contributed by atoms with Gasteiger partial charge < -0.3 is 9.47 Å². The number of piperazine rings is 1. The zero-order valence-corrected chi connectivity index (χ0v) is 21.8. The number of ether oxygens (including phenoxy) is 2. The SMILES string of the molecule is COc1ccc([C@@H]2CC(c3cccc(F)c3)=NN2C(=O)CN2CCN(Cc3ccccc3)CC2)c(OC)c1. The molecule has 5 rings (SSSR count). The van der Waals surface area contributed by atoms with Crippen LogP contribution in [0.25, 0.3) is 0 Å². The second-order valence-corrected chi connectivity index (χ2v) is 9.66. The number of hydrazone groups is 1. The lowest BCUT2D eigenvalue weighted by atomic mass is 9.97. The molecule has 2 aliphatic heterocycles. The van der Waals surface area contributed by atoms with E-state index in [9.17, 15) is 9.18 Å². The van der Waals surface area contributed by atoms with Crippen LogP contribution in [0.15, 0.2) is 77.9 Å². The number of methoxy groups -OCH3 is 2. The summed E-state index contributed by atoms with van der Waals surface area (Å²) in [5.41, 5.74) is 3.48. The molecule has 0 bridgehead atoms. The van der Waals surface area contributed by atoms with Gasteiger partial charge in [-0.2, -0.15) is 5.10 Å². The molecular formula is C30H33FN4O3. The minimum atomic E-state index is -0.360. The largest absolute Gasteiger partial charge is 0.497 e. The van der Waals surface area contributed by atoms with Crippen LogP contribution in [0, 0.1) is 5.82 Å². The van der Waals surface area contributed by atoms with Crippen molar-refractivity contribution in [3.63, 3.8) is 0 Å². The van der Waals surface area contributed by atoms with Crippen LogP contribution in [0.2, 0.25) is 0 Å². The van der Waals surface area contributed by atoms with Crippen molar-refractivity contribution >= 4 is 11.6 Å². The first-order valence-electron chi connectivity index (χ1n) is 12.9. The molecule has 1 atom stereocenters. The molecular weight excluding hydrogens is 483 g/mol. The van der Waals surface area contributed by atoms with Crippen LogP contribution in [0.4, 0.5) is 4.39 Å². The van der Waals surface area contributed by atoms with Gasteiger partial charge in [0.25, 0.3) is 5.91 Å². The molecule has 0 saturated carbocycles. The number of halogens is 1. The standard InChI is InChI=1S/C30H33FN4O3/c1-37-25-11-12-26(29(18-25)38-2)28-19-27(23-9-6-10-24(31)17-23)32-35(28)30(36)21-34-15-13-33(14-16-34)20-22-7-4-3-5-8-22/h3-12,17-18,28H,13-16,19-21H2,1-2H3/t28-/m0/s1. The summed E-state index contributed by atoms with van der Waals surface area (Å²) in [5, 5.41) is 6.28. The Morgan fingerprint density at radius 1 is 0.921 bits per heavy atom. The Balaban J connectivity index is 1.32. The van der Waals surface area contributed by atoms with Crippen molar-refractivity contribution in [1.29, 1.82) is 0 Å². The first-order valence-corrected chi connectivity index (χ1v) is 12.9. The highest BCUT2D eigenvalue weighted by molar-refractivity contribution is 6.03. The minimum absolute atomic E-state index is 0.0872. The normalized spacial score (nSPS) is 18.3. The molecule has 0 radical (unpaired) electrons. The lowest BCUT2D eigenvalue weighted by molar-refractivity contribution is -0.134. The Morgan fingerprint density at radius 3 is 2.39 bits per heavy atom. The summed E-state index contributed by atoms with van der Waals surface area (Å²) < 4.78 is 25.0. The van der Waals surface area contributed by atoms with Gasteiger partial charge in [0.05, 0.1) is 32.5 Å². The third-order valence-corrected chi connectivity index (χ3v) is 7.20. The molecule has 0 spiro atoms.